The average molecular weight is 475 g/mol. The summed E-state index contributed by atoms with van der Waals surface area (Å²) in [6.45, 7) is 5.16. The molecule has 0 atom stereocenters. The Morgan fingerprint density at radius 3 is 0.952 bits per heavy atom. The van der Waals surface area contributed by atoms with Gasteiger partial charge in [-0.2, -0.15) is 0 Å². The molecule has 0 amide bonds. The number of rotatable bonds is 12. The van der Waals surface area contributed by atoms with Gasteiger partial charge >= 0.3 is 0 Å². The van der Waals surface area contributed by atoms with Gasteiger partial charge in [-0.15, -0.1) is 0 Å². The van der Waals surface area contributed by atoms with Crippen molar-refractivity contribution in [1.82, 2.24) is 0 Å². The van der Waals surface area contributed by atoms with Crippen LogP contribution < -0.4 is 0 Å². The summed E-state index contributed by atoms with van der Waals surface area (Å²) in [6.07, 6.45) is 15.0. The fourth-order valence-electron chi connectivity index (χ4n) is 1.78. The van der Waals surface area contributed by atoms with E-state index in [1.807, 2.05) is 0 Å². The van der Waals surface area contributed by atoms with E-state index in [2.05, 4.69) is 13.8 Å². The second-order valence-corrected chi connectivity index (χ2v) is 4.98. The van der Waals surface area contributed by atoms with Crippen molar-refractivity contribution in [3.05, 3.63) is 0 Å². The molecule has 0 heterocycles. The number of hydrogen-bond donors (Lipinski definition) is 2. The molecule has 0 spiro atoms. The van der Waals surface area contributed by atoms with Gasteiger partial charge in [0, 0.05) is 39.1 Å². The molecule has 0 aliphatic rings. The maximum Gasteiger partial charge on any atom is 0.0431 e. The van der Waals surface area contributed by atoms with Crippen molar-refractivity contribution in [1.29, 1.82) is 0 Å². The molecule has 0 bridgehead atoms. The van der Waals surface area contributed by atoms with Crippen LogP contribution in [0.2, 0.25) is 0 Å². The Bertz CT molecular complexity index is 101. The molecule has 132 valence electrons. The minimum atomic E-state index is 0. The van der Waals surface area contributed by atoms with E-state index in [-0.39, 0.29) is 36.8 Å². The van der Waals surface area contributed by atoms with Crippen molar-refractivity contribution in [2.75, 3.05) is 13.2 Å². The molecule has 0 saturated heterocycles. The summed E-state index contributed by atoms with van der Waals surface area (Å²) in [7, 11) is 0. The molecule has 0 aliphatic carbocycles. The predicted octanol–water partition coefficient (Wildman–Crippen LogP) is 3.03. The molecule has 0 aliphatic heterocycles. The Hall–Kier alpha value is 0.710. The number of aliphatic hydroxyl groups is 2. The van der Waals surface area contributed by atoms with Gasteiger partial charge in [-0.25, -0.2) is 0 Å². The van der Waals surface area contributed by atoms with Crippen LogP contribution in [0.4, 0.5) is 0 Å². The predicted molar refractivity (Wildman–Crippen MR) is 88.2 cm³/mol. The summed E-state index contributed by atoms with van der Waals surface area (Å²) in [4.78, 5) is 0. The van der Waals surface area contributed by atoms with Gasteiger partial charge < -0.3 is 21.2 Å². The van der Waals surface area contributed by atoms with Crippen LogP contribution in [0.1, 0.15) is 90.9 Å². The number of hydrogen-bond acceptors (Lipinski definition) is 2. The van der Waals surface area contributed by atoms with Gasteiger partial charge in [0.25, 0.3) is 0 Å². The monoisotopic (exact) mass is 476 g/mol. The summed E-state index contributed by atoms with van der Waals surface area (Å²) in [5, 5.41) is 16.8. The van der Waals surface area contributed by atoms with Crippen molar-refractivity contribution < 1.29 is 47.0 Å². The van der Waals surface area contributed by atoms with Crippen LogP contribution in [0.15, 0.2) is 0 Å². The minimum absolute atomic E-state index is 0. The van der Waals surface area contributed by atoms with E-state index in [1.165, 1.54) is 64.2 Å². The van der Waals surface area contributed by atoms with E-state index in [1.54, 1.807) is 0 Å². The van der Waals surface area contributed by atoms with Crippen molar-refractivity contribution in [3.8, 4) is 0 Å². The van der Waals surface area contributed by atoms with E-state index >= 15 is 0 Å². The summed E-state index contributed by atoms with van der Waals surface area (Å²) >= 11 is 0. The minimum Gasteiger partial charge on any atom is -0.412 e. The van der Waals surface area contributed by atoms with Gasteiger partial charge in [0.05, 0.1) is 0 Å². The first kappa shape index (κ1) is 33.3. The summed E-state index contributed by atoms with van der Waals surface area (Å²) in [5.74, 6) is 0. The molecular formula is C16H40HfO4. The number of aliphatic hydroxyl groups excluding tert-OH is 2. The third kappa shape index (κ3) is 44.9. The second kappa shape index (κ2) is 37.2. The first-order valence-electron chi connectivity index (χ1n) is 8.05. The van der Waals surface area contributed by atoms with Crippen LogP contribution in [0, 0.1) is 0 Å². The van der Waals surface area contributed by atoms with Crippen LogP contribution in [-0.2, 0) is 25.8 Å². The molecule has 0 aromatic rings. The van der Waals surface area contributed by atoms with Gasteiger partial charge in [0.15, 0.2) is 0 Å². The molecule has 0 fully saturated rings. The van der Waals surface area contributed by atoms with Crippen molar-refractivity contribution in [2.24, 2.45) is 0 Å². The maximum atomic E-state index is 8.42. The largest absolute Gasteiger partial charge is 0.412 e. The van der Waals surface area contributed by atoms with E-state index in [0.717, 1.165) is 12.8 Å². The van der Waals surface area contributed by atoms with Crippen molar-refractivity contribution in [3.63, 3.8) is 0 Å². The SMILES string of the molecule is CCCCCCCCO.CCCCCCCCO.O.O.[Hf]. The van der Waals surface area contributed by atoms with Crippen LogP contribution in [0.25, 0.3) is 0 Å². The summed E-state index contributed by atoms with van der Waals surface area (Å²) in [5.41, 5.74) is 0. The Balaban J connectivity index is -0.0000000711. The van der Waals surface area contributed by atoms with Crippen LogP contribution >= 0.6 is 0 Å². The third-order valence-electron chi connectivity index (χ3n) is 3.02. The van der Waals surface area contributed by atoms with E-state index < -0.39 is 0 Å². The molecule has 0 radical (unpaired) electrons. The Kier molecular flexibility index (Phi) is 59.0. The molecule has 0 aromatic heterocycles. The fourth-order valence-corrected chi connectivity index (χ4v) is 1.78. The van der Waals surface area contributed by atoms with Crippen LogP contribution in [-0.4, -0.2) is 34.4 Å². The zero-order valence-corrected chi connectivity index (χ0v) is 17.9. The quantitative estimate of drug-likeness (QED) is 0.335. The van der Waals surface area contributed by atoms with E-state index in [9.17, 15) is 0 Å². The average Bonchev–Trinajstić information content (AvgIpc) is 2.39. The Labute approximate surface area is 151 Å². The summed E-state index contributed by atoms with van der Waals surface area (Å²) in [6, 6.07) is 0. The van der Waals surface area contributed by atoms with Crippen LogP contribution in [0.3, 0.4) is 0 Å². The molecule has 21 heavy (non-hydrogen) atoms. The molecule has 5 heteroatoms. The van der Waals surface area contributed by atoms with Gasteiger partial charge in [0.1, 0.15) is 0 Å². The summed E-state index contributed by atoms with van der Waals surface area (Å²) < 4.78 is 0. The maximum absolute atomic E-state index is 8.42. The molecule has 6 N–H and O–H groups in total. The van der Waals surface area contributed by atoms with Gasteiger partial charge in [0.2, 0.25) is 0 Å². The van der Waals surface area contributed by atoms with Gasteiger partial charge in [-0.05, 0) is 12.8 Å². The van der Waals surface area contributed by atoms with Crippen LogP contribution in [0.5, 0.6) is 0 Å². The third-order valence-corrected chi connectivity index (χ3v) is 3.02. The van der Waals surface area contributed by atoms with Gasteiger partial charge in [-0.3, -0.25) is 0 Å². The molecule has 4 nitrogen and oxygen atoms in total. The fraction of sp³-hybridized carbons (Fsp3) is 1.00. The molecule has 0 unspecified atom stereocenters. The smallest absolute Gasteiger partial charge is 0.0431 e. The topological polar surface area (TPSA) is 103 Å². The molecule has 0 saturated carbocycles. The zero-order valence-electron chi connectivity index (χ0n) is 14.3. The van der Waals surface area contributed by atoms with Gasteiger partial charge in [-0.1, -0.05) is 78.1 Å². The molecule has 0 aromatic carbocycles. The zero-order chi connectivity index (χ0) is 13.9. The Morgan fingerprint density at radius 1 is 0.476 bits per heavy atom. The first-order chi connectivity index (χ1) is 8.83. The molecular weight excluding hydrogens is 435 g/mol. The van der Waals surface area contributed by atoms with E-state index in [4.69, 9.17) is 10.2 Å². The standard InChI is InChI=1S/2C8H18O.Hf.2H2O/c2*1-2-3-4-5-6-7-8-9;;;/h2*9H,2-8H2,1H3;;2*1H2. The molecule has 0 rings (SSSR count). The van der Waals surface area contributed by atoms with Crippen molar-refractivity contribution in [2.45, 2.75) is 90.9 Å². The second-order valence-electron chi connectivity index (χ2n) is 4.98. The normalized spacial score (nSPS) is 8.57. The van der Waals surface area contributed by atoms with E-state index in [0.29, 0.717) is 13.2 Å². The van der Waals surface area contributed by atoms with Crippen molar-refractivity contribution >= 4 is 0 Å². The number of unbranched alkanes of at least 4 members (excludes halogenated alkanes) is 10. The first-order valence-corrected chi connectivity index (χ1v) is 8.05. The Morgan fingerprint density at radius 2 is 0.714 bits per heavy atom.